The van der Waals surface area contributed by atoms with Crippen LogP contribution in [0.15, 0.2) is 48.5 Å². The van der Waals surface area contributed by atoms with Gasteiger partial charge in [-0.25, -0.2) is 9.37 Å². The third-order valence-corrected chi connectivity index (χ3v) is 5.40. The second-order valence-corrected chi connectivity index (χ2v) is 7.21. The molecule has 2 aromatic carbocycles. The molecule has 0 spiro atoms. The number of hydrogen-bond acceptors (Lipinski definition) is 5. The van der Waals surface area contributed by atoms with Crippen LogP contribution in [0.5, 0.6) is 5.75 Å². The topological polar surface area (TPSA) is 48.8 Å². The van der Waals surface area contributed by atoms with E-state index in [9.17, 15) is 4.39 Å². The molecule has 31 heavy (non-hydrogen) atoms. The summed E-state index contributed by atoms with van der Waals surface area (Å²) in [6, 6.07) is 14.6. The zero-order chi connectivity index (χ0) is 20.2. The fourth-order valence-electron chi connectivity index (χ4n) is 3.75. The van der Waals surface area contributed by atoms with E-state index >= 15 is 0 Å². The number of hydrogen-bond donors (Lipinski definition) is 1. The van der Waals surface area contributed by atoms with Gasteiger partial charge in [-0.3, -0.25) is 0 Å². The number of aliphatic hydroxyl groups is 1. The van der Waals surface area contributed by atoms with E-state index in [4.69, 9.17) is 14.8 Å². The van der Waals surface area contributed by atoms with Gasteiger partial charge < -0.3 is 19.6 Å². The average Bonchev–Trinajstić information content (AvgIpc) is 2.77. The third-order valence-electron chi connectivity index (χ3n) is 5.40. The summed E-state index contributed by atoms with van der Waals surface area (Å²) in [5.41, 5.74) is 1.83. The Kier molecular flexibility index (Phi) is 9.32. The van der Waals surface area contributed by atoms with Crippen molar-refractivity contribution in [2.45, 2.75) is 6.92 Å². The summed E-state index contributed by atoms with van der Waals surface area (Å²) in [5, 5.41) is 10.7. The lowest BCUT2D eigenvalue weighted by Crippen LogP contribution is -2.46. The predicted molar refractivity (Wildman–Crippen MR) is 129 cm³/mol. The first-order valence-corrected chi connectivity index (χ1v) is 10.1. The SMILES string of the molecule is CCN1CCN(c2nc(-c3ccc(OCCO)cc3)cc3ccc(F)cc23)CC1.Cl.Cl. The summed E-state index contributed by atoms with van der Waals surface area (Å²) in [5.74, 6) is 1.31. The molecular formula is C23H28Cl2FN3O2. The Morgan fingerprint density at radius 3 is 2.35 bits per heavy atom. The molecule has 0 atom stereocenters. The van der Waals surface area contributed by atoms with Crippen molar-refractivity contribution < 1.29 is 14.2 Å². The van der Waals surface area contributed by atoms with E-state index in [1.54, 1.807) is 6.07 Å². The molecule has 1 saturated heterocycles. The van der Waals surface area contributed by atoms with Gasteiger partial charge in [0, 0.05) is 37.1 Å². The highest BCUT2D eigenvalue weighted by Crippen LogP contribution is 2.32. The predicted octanol–water partition coefficient (Wildman–Crippen LogP) is 4.40. The first kappa shape index (κ1) is 25.1. The lowest BCUT2D eigenvalue weighted by atomic mass is 10.1. The highest BCUT2D eigenvalue weighted by molar-refractivity contribution is 5.95. The maximum Gasteiger partial charge on any atom is 0.137 e. The molecule has 2 heterocycles. The van der Waals surface area contributed by atoms with Gasteiger partial charge in [0.25, 0.3) is 0 Å². The number of anilines is 1. The van der Waals surface area contributed by atoms with Gasteiger partial charge in [0.05, 0.1) is 12.3 Å². The second-order valence-electron chi connectivity index (χ2n) is 7.21. The number of aromatic nitrogens is 1. The van der Waals surface area contributed by atoms with E-state index in [0.29, 0.717) is 5.75 Å². The highest BCUT2D eigenvalue weighted by atomic mass is 35.5. The van der Waals surface area contributed by atoms with Gasteiger partial charge in [-0.05, 0) is 54.4 Å². The van der Waals surface area contributed by atoms with Crippen LogP contribution in [0.4, 0.5) is 10.2 Å². The Morgan fingerprint density at radius 1 is 1.00 bits per heavy atom. The van der Waals surface area contributed by atoms with Crippen LogP contribution < -0.4 is 9.64 Å². The molecule has 1 aliphatic heterocycles. The number of rotatable bonds is 6. The molecule has 1 N–H and O–H groups in total. The van der Waals surface area contributed by atoms with E-state index in [-0.39, 0.29) is 43.8 Å². The summed E-state index contributed by atoms with van der Waals surface area (Å²) in [6.45, 7) is 7.20. The summed E-state index contributed by atoms with van der Waals surface area (Å²) >= 11 is 0. The van der Waals surface area contributed by atoms with Crippen LogP contribution in [0.3, 0.4) is 0 Å². The molecule has 1 fully saturated rings. The maximum atomic E-state index is 14.0. The van der Waals surface area contributed by atoms with Crippen molar-refractivity contribution in [1.82, 2.24) is 9.88 Å². The van der Waals surface area contributed by atoms with Crippen molar-refractivity contribution in [3.63, 3.8) is 0 Å². The summed E-state index contributed by atoms with van der Waals surface area (Å²) in [4.78, 5) is 9.61. The molecule has 1 aliphatic rings. The molecule has 0 amide bonds. The standard InChI is InChI=1S/C23H26FN3O2.2ClH/c1-2-26-9-11-27(12-10-26)23-21-16-19(24)6-3-18(21)15-22(25-23)17-4-7-20(8-5-17)29-14-13-28;;/h3-8,15-16,28H,2,9-14H2,1H3;2*1H. The minimum Gasteiger partial charge on any atom is -0.491 e. The Balaban J connectivity index is 0.00000171. The Labute approximate surface area is 194 Å². The van der Waals surface area contributed by atoms with Gasteiger partial charge in [-0.1, -0.05) is 13.0 Å². The van der Waals surface area contributed by atoms with E-state index < -0.39 is 0 Å². The largest absolute Gasteiger partial charge is 0.491 e. The molecule has 3 aromatic rings. The van der Waals surface area contributed by atoms with Crippen molar-refractivity contribution in [2.24, 2.45) is 0 Å². The van der Waals surface area contributed by atoms with Gasteiger partial charge in [-0.15, -0.1) is 24.8 Å². The molecule has 1 aromatic heterocycles. The Morgan fingerprint density at radius 2 is 1.71 bits per heavy atom. The van der Waals surface area contributed by atoms with Crippen LogP contribution in [0.1, 0.15) is 6.92 Å². The van der Waals surface area contributed by atoms with Crippen LogP contribution in [0.2, 0.25) is 0 Å². The number of aliphatic hydroxyl groups excluding tert-OH is 1. The van der Waals surface area contributed by atoms with Crippen LogP contribution in [-0.2, 0) is 0 Å². The molecule has 0 aliphatic carbocycles. The van der Waals surface area contributed by atoms with Crippen molar-refractivity contribution in [3.8, 4) is 17.0 Å². The van der Waals surface area contributed by atoms with Crippen LogP contribution in [0, 0.1) is 5.82 Å². The molecule has 8 heteroatoms. The number of benzene rings is 2. The van der Waals surface area contributed by atoms with E-state index in [1.165, 1.54) is 6.07 Å². The molecule has 0 radical (unpaired) electrons. The molecule has 5 nitrogen and oxygen atoms in total. The van der Waals surface area contributed by atoms with Crippen molar-refractivity contribution in [2.75, 3.05) is 50.8 Å². The number of likely N-dealkylation sites (N-methyl/N-ethyl adjacent to an activating group) is 1. The van der Waals surface area contributed by atoms with E-state index in [1.807, 2.05) is 36.4 Å². The molecule has 0 unspecified atom stereocenters. The van der Waals surface area contributed by atoms with Gasteiger partial charge >= 0.3 is 0 Å². The molecule has 0 saturated carbocycles. The monoisotopic (exact) mass is 467 g/mol. The molecule has 4 rings (SSSR count). The highest BCUT2D eigenvalue weighted by Gasteiger charge is 2.20. The van der Waals surface area contributed by atoms with E-state index in [2.05, 4.69) is 16.7 Å². The van der Waals surface area contributed by atoms with Crippen molar-refractivity contribution in [3.05, 3.63) is 54.3 Å². The quantitative estimate of drug-likeness (QED) is 0.582. The zero-order valence-corrected chi connectivity index (χ0v) is 19.1. The molecule has 168 valence electrons. The summed E-state index contributed by atoms with van der Waals surface area (Å²) < 4.78 is 19.4. The van der Waals surface area contributed by atoms with Crippen LogP contribution in [0.25, 0.3) is 22.0 Å². The summed E-state index contributed by atoms with van der Waals surface area (Å²) in [6.07, 6.45) is 0. The van der Waals surface area contributed by atoms with Gasteiger partial charge in [-0.2, -0.15) is 0 Å². The maximum absolute atomic E-state index is 14.0. The lowest BCUT2D eigenvalue weighted by Gasteiger charge is -2.35. The number of fused-ring (bicyclic) bond motifs is 1. The number of ether oxygens (including phenoxy) is 1. The second kappa shape index (κ2) is 11.5. The number of nitrogens with zero attached hydrogens (tertiary/aromatic N) is 3. The van der Waals surface area contributed by atoms with Gasteiger partial charge in [0.2, 0.25) is 0 Å². The van der Waals surface area contributed by atoms with Crippen LogP contribution >= 0.6 is 24.8 Å². The summed E-state index contributed by atoms with van der Waals surface area (Å²) in [7, 11) is 0. The van der Waals surface area contributed by atoms with Crippen LogP contribution in [-0.4, -0.2) is 60.9 Å². The normalized spacial score (nSPS) is 14.1. The smallest absolute Gasteiger partial charge is 0.137 e. The lowest BCUT2D eigenvalue weighted by molar-refractivity contribution is 0.201. The third kappa shape index (κ3) is 5.77. The zero-order valence-electron chi connectivity index (χ0n) is 17.5. The molecule has 0 bridgehead atoms. The Hall–Kier alpha value is -2.12. The van der Waals surface area contributed by atoms with Gasteiger partial charge in [0.1, 0.15) is 24.0 Å². The molecular weight excluding hydrogens is 440 g/mol. The van der Waals surface area contributed by atoms with Gasteiger partial charge in [0.15, 0.2) is 0 Å². The van der Waals surface area contributed by atoms with Crippen molar-refractivity contribution in [1.29, 1.82) is 0 Å². The first-order chi connectivity index (χ1) is 14.2. The minimum absolute atomic E-state index is 0. The Bertz CT molecular complexity index is 980. The number of halogens is 3. The average molecular weight is 468 g/mol. The number of piperazine rings is 1. The fourth-order valence-corrected chi connectivity index (χ4v) is 3.75. The first-order valence-electron chi connectivity index (χ1n) is 10.1. The van der Waals surface area contributed by atoms with E-state index in [0.717, 1.165) is 60.6 Å². The van der Waals surface area contributed by atoms with Crippen molar-refractivity contribution >= 4 is 41.4 Å². The minimum atomic E-state index is -0.245. The number of pyridine rings is 1. The fraction of sp³-hybridized carbons (Fsp3) is 0.348.